The number of benzene rings is 3. The van der Waals surface area contributed by atoms with Crippen LogP contribution >= 0.6 is 0 Å². The second-order valence-electron chi connectivity index (χ2n) is 12.2. The molecule has 2 amide bonds. The first kappa shape index (κ1) is 32.9. The van der Waals surface area contributed by atoms with E-state index in [1.54, 1.807) is 4.90 Å². The number of rotatable bonds is 12. The van der Waals surface area contributed by atoms with Crippen molar-refractivity contribution in [3.05, 3.63) is 101 Å². The zero-order valence-electron chi connectivity index (χ0n) is 26.0. The Morgan fingerprint density at radius 2 is 1.48 bits per heavy atom. The summed E-state index contributed by atoms with van der Waals surface area (Å²) in [5, 5.41) is 3.08. The molecule has 0 radical (unpaired) electrons. The molecule has 0 heterocycles. The summed E-state index contributed by atoms with van der Waals surface area (Å²) in [5.41, 5.74) is 4.92. The minimum atomic E-state index is -3.57. The molecule has 0 aliphatic rings. The van der Waals surface area contributed by atoms with Crippen LogP contribution in [0.5, 0.6) is 0 Å². The lowest BCUT2D eigenvalue weighted by atomic mass is 10.00. The van der Waals surface area contributed by atoms with Gasteiger partial charge in [-0.3, -0.25) is 13.9 Å². The Balaban J connectivity index is 1.92. The van der Waals surface area contributed by atoms with Gasteiger partial charge in [-0.25, -0.2) is 8.42 Å². The van der Waals surface area contributed by atoms with Crippen LogP contribution in [0, 0.1) is 20.8 Å². The number of amides is 2. The summed E-state index contributed by atoms with van der Waals surface area (Å²) >= 11 is 0. The van der Waals surface area contributed by atoms with Crippen molar-refractivity contribution in [1.82, 2.24) is 10.2 Å². The van der Waals surface area contributed by atoms with E-state index in [0.29, 0.717) is 18.5 Å². The molecular formula is C34H45N3O4S. The second kappa shape index (κ2) is 14.0. The van der Waals surface area contributed by atoms with E-state index in [2.05, 4.69) is 5.32 Å². The van der Waals surface area contributed by atoms with Crippen LogP contribution in [-0.4, -0.2) is 49.5 Å². The van der Waals surface area contributed by atoms with E-state index in [9.17, 15) is 18.0 Å². The summed E-state index contributed by atoms with van der Waals surface area (Å²) in [4.78, 5) is 29.4. The van der Waals surface area contributed by atoms with E-state index in [-0.39, 0.29) is 31.3 Å². The Kier molecular flexibility index (Phi) is 11.0. The Morgan fingerprint density at radius 3 is 2.07 bits per heavy atom. The highest BCUT2D eigenvalue weighted by atomic mass is 32.2. The Labute approximate surface area is 252 Å². The Hall–Kier alpha value is -3.65. The lowest BCUT2D eigenvalue weighted by Gasteiger charge is -2.34. The zero-order chi connectivity index (χ0) is 31.1. The van der Waals surface area contributed by atoms with Gasteiger partial charge in [0.15, 0.2) is 0 Å². The minimum absolute atomic E-state index is 0.0941. The summed E-state index contributed by atoms with van der Waals surface area (Å²) in [7, 11) is -3.57. The third kappa shape index (κ3) is 9.72. The number of carbonyl (C=O) groups excluding carboxylic acids is 2. The molecule has 0 aromatic heterocycles. The van der Waals surface area contributed by atoms with Gasteiger partial charge in [-0.05, 0) is 76.3 Å². The molecule has 42 heavy (non-hydrogen) atoms. The van der Waals surface area contributed by atoms with Crippen molar-refractivity contribution in [2.24, 2.45) is 0 Å². The van der Waals surface area contributed by atoms with Gasteiger partial charge in [0.1, 0.15) is 6.04 Å². The number of aryl methyl sites for hydroxylation is 3. The molecular weight excluding hydrogens is 546 g/mol. The van der Waals surface area contributed by atoms with Crippen molar-refractivity contribution in [2.75, 3.05) is 17.1 Å². The van der Waals surface area contributed by atoms with Gasteiger partial charge in [0.2, 0.25) is 21.8 Å². The van der Waals surface area contributed by atoms with Crippen molar-refractivity contribution in [1.29, 1.82) is 0 Å². The highest BCUT2D eigenvalue weighted by Gasteiger charge is 2.32. The summed E-state index contributed by atoms with van der Waals surface area (Å²) in [5.74, 6) is -0.421. The molecule has 7 nitrogen and oxygen atoms in total. The van der Waals surface area contributed by atoms with Crippen LogP contribution in [0.25, 0.3) is 0 Å². The molecule has 0 bridgehead atoms. The summed E-state index contributed by atoms with van der Waals surface area (Å²) < 4.78 is 26.9. The first-order valence-corrected chi connectivity index (χ1v) is 16.2. The Morgan fingerprint density at radius 1 is 0.857 bits per heavy atom. The molecule has 8 heteroatoms. The summed E-state index contributed by atoms with van der Waals surface area (Å²) in [6, 6.07) is 22.6. The number of nitrogens with zero attached hydrogens (tertiary/aromatic N) is 2. The topological polar surface area (TPSA) is 86.8 Å². The quantitative estimate of drug-likeness (QED) is 0.292. The van der Waals surface area contributed by atoms with Crippen molar-refractivity contribution in [3.8, 4) is 0 Å². The molecule has 0 saturated heterocycles. The first-order valence-electron chi connectivity index (χ1n) is 14.4. The maximum absolute atomic E-state index is 14.0. The van der Waals surface area contributed by atoms with E-state index < -0.39 is 21.6 Å². The highest BCUT2D eigenvalue weighted by Crippen LogP contribution is 2.25. The van der Waals surface area contributed by atoms with Crippen molar-refractivity contribution >= 4 is 27.5 Å². The first-order chi connectivity index (χ1) is 19.6. The number of anilines is 1. The van der Waals surface area contributed by atoms with Gasteiger partial charge in [-0.1, -0.05) is 72.3 Å². The lowest BCUT2D eigenvalue weighted by Crippen LogP contribution is -2.54. The third-order valence-corrected chi connectivity index (χ3v) is 8.21. The average molecular weight is 592 g/mol. The van der Waals surface area contributed by atoms with Gasteiger partial charge in [-0.15, -0.1) is 0 Å². The smallest absolute Gasteiger partial charge is 0.243 e. The Bertz CT molecular complexity index is 1460. The summed E-state index contributed by atoms with van der Waals surface area (Å²) in [6.45, 7) is 12.0. The standard InChI is InChI=1S/C34H45N3O4S/c1-25-16-19-29(20-17-25)24-36(31(33(39)35-34(4,5)6)23-28-12-9-8-10-13-28)32(38)14-11-21-37(42(7,40)41)30-22-26(2)15-18-27(30)3/h8-10,12-13,15-20,22,31H,11,14,21,23-24H2,1-7H3,(H,35,39). The number of carbonyl (C=O) groups is 2. The van der Waals surface area contributed by atoms with E-state index in [1.165, 1.54) is 10.6 Å². The summed E-state index contributed by atoms with van der Waals surface area (Å²) in [6.07, 6.45) is 1.95. The SMILES string of the molecule is Cc1ccc(CN(C(=O)CCCN(c2cc(C)ccc2C)S(C)(=O)=O)C(Cc2ccccc2)C(=O)NC(C)(C)C)cc1. The number of nitrogens with one attached hydrogen (secondary N) is 1. The molecule has 0 saturated carbocycles. The van der Waals surface area contributed by atoms with E-state index >= 15 is 0 Å². The van der Waals surface area contributed by atoms with Gasteiger partial charge in [0.05, 0.1) is 11.9 Å². The van der Waals surface area contributed by atoms with Crippen LogP contribution in [0.3, 0.4) is 0 Å². The largest absolute Gasteiger partial charge is 0.350 e. The molecule has 3 aromatic carbocycles. The zero-order valence-corrected chi connectivity index (χ0v) is 26.8. The molecule has 1 unspecified atom stereocenters. The molecule has 1 atom stereocenters. The van der Waals surface area contributed by atoms with Gasteiger partial charge < -0.3 is 10.2 Å². The van der Waals surface area contributed by atoms with Gasteiger partial charge in [0, 0.05) is 31.5 Å². The predicted molar refractivity (Wildman–Crippen MR) is 171 cm³/mol. The average Bonchev–Trinajstić information content (AvgIpc) is 2.90. The molecule has 1 N–H and O–H groups in total. The van der Waals surface area contributed by atoms with E-state index in [4.69, 9.17) is 0 Å². The second-order valence-corrected chi connectivity index (χ2v) is 14.1. The fraction of sp³-hybridized carbons (Fsp3) is 0.412. The molecule has 226 valence electrons. The minimum Gasteiger partial charge on any atom is -0.350 e. The van der Waals surface area contributed by atoms with Crippen molar-refractivity contribution in [3.63, 3.8) is 0 Å². The van der Waals surface area contributed by atoms with Crippen LogP contribution < -0.4 is 9.62 Å². The van der Waals surface area contributed by atoms with Gasteiger partial charge in [0.25, 0.3) is 0 Å². The van der Waals surface area contributed by atoms with Crippen LogP contribution in [0.4, 0.5) is 5.69 Å². The van der Waals surface area contributed by atoms with Crippen LogP contribution in [0.1, 0.15) is 61.4 Å². The van der Waals surface area contributed by atoms with E-state index in [1.807, 2.05) is 114 Å². The molecule has 0 spiro atoms. The van der Waals surface area contributed by atoms with Gasteiger partial charge in [-0.2, -0.15) is 0 Å². The fourth-order valence-electron chi connectivity index (χ4n) is 4.87. The maximum Gasteiger partial charge on any atom is 0.243 e. The van der Waals surface area contributed by atoms with E-state index in [0.717, 1.165) is 27.8 Å². The molecule has 0 aliphatic heterocycles. The third-order valence-electron chi connectivity index (χ3n) is 7.03. The predicted octanol–water partition coefficient (Wildman–Crippen LogP) is 5.71. The van der Waals surface area contributed by atoms with Crippen LogP contribution in [-0.2, 0) is 32.6 Å². The monoisotopic (exact) mass is 591 g/mol. The normalized spacial score (nSPS) is 12.5. The van der Waals surface area contributed by atoms with Crippen LogP contribution in [0.15, 0.2) is 72.8 Å². The van der Waals surface area contributed by atoms with Crippen molar-refractivity contribution < 1.29 is 18.0 Å². The lowest BCUT2D eigenvalue weighted by molar-refractivity contribution is -0.142. The maximum atomic E-state index is 14.0. The molecule has 3 rings (SSSR count). The molecule has 3 aromatic rings. The van der Waals surface area contributed by atoms with Gasteiger partial charge >= 0.3 is 0 Å². The number of sulfonamides is 1. The van der Waals surface area contributed by atoms with Crippen LogP contribution in [0.2, 0.25) is 0 Å². The molecule has 0 aliphatic carbocycles. The highest BCUT2D eigenvalue weighted by molar-refractivity contribution is 7.92. The molecule has 0 fully saturated rings. The fourth-order valence-corrected chi connectivity index (χ4v) is 5.88. The number of hydrogen-bond acceptors (Lipinski definition) is 4. The number of hydrogen-bond donors (Lipinski definition) is 1. The van der Waals surface area contributed by atoms with Crippen molar-refractivity contribution in [2.45, 2.75) is 78.9 Å².